The number of anilines is 1. The maximum atomic E-state index is 16.2. The molecule has 2 aromatic heterocycles. The highest BCUT2D eigenvalue weighted by Gasteiger charge is 2.49. The van der Waals surface area contributed by atoms with Gasteiger partial charge in [-0.2, -0.15) is 4.98 Å². The Kier molecular flexibility index (Phi) is 9.35. The van der Waals surface area contributed by atoms with Crippen LogP contribution in [0.3, 0.4) is 0 Å². The number of ether oxygens (including phenoxy) is 3. The molecule has 1 aliphatic carbocycles. The second kappa shape index (κ2) is 13.7. The van der Waals surface area contributed by atoms with Gasteiger partial charge in [-0.1, -0.05) is 75.0 Å². The molecule has 254 valence electrons. The molecule has 12 heteroatoms. The number of aromatic amines is 1. The highest BCUT2D eigenvalue weighted by Crippen LogP contribution is 2.46. The third kappa shape index (κ3) is 6.09. The van der Waals surface area contributed by atoms with E-state index in [1.165, 1.54) is 10.9 Å². The lowest BCUT2D eigenvalue weighted by Gasteiger charge is -2.37. The molecule has 0 saturated heterocycles. The van der Waals surface area contributed by atoms with Crippen LogP contribution < -0.4 is 20.3 Å². The largest absolute Gasteiger partial charge is 0.497 e. The Balaban J connectivity index is 1.39. The van der Waals surface area contributed by atoms with Gasteiger partial charge in [-0.05, 0) is 46.5 Å². The van der Waals surface area contributed by atoms with Gasteiger partial charge in [0.05, 0.1) is 39.3 Å². The number of halogens is 1. The molecule has 6 rings (SSSR count). The summed E-state index contributed by atoms with van der Waals surface area (Å²) in [4.78, 5) is 36.2. The number of carbonyl (C=O) groups is 1. The molecule has 11 nitrogen and oxygen atoms in total. The molecule has 0 aliphatic heterocycles. The van der Waals surface area contributed by atoms with Gasteiger partial charge in [-0.25, -0.2) is 9.37 Å². The number of aliphatic hydroxyl groups is 1. The lowest BCUT2D eigenvalue weighted by atomic mass is 9.79. The van der Waals surface area contributed by atoms with Gasteiger partial charge in [0.2, 0.25) is 11.9 Å². The number of imidazole rings is 1. The van der Waals surface area contributed by atoms with Crippen LogP contribution in [0.2, 0.25) is 0 Å². The van der Waals surface area contributed by atoms with Gasteiger partial charge in [0, 0.05) is 11.8 Å². The minimum atomic E-state index is -1.83. The van der Waals surface area contributed by atoms with E-state index in [9.17, 15) is 14.7 Å². The Morgan fingerprint density at radius 3 is 2.12 bits per heavy atom. The summed E-state index contributed by atoms with van der Waals surface area (Å²) in [7, 11) is 3.18. The Bertz CT molecular complexity index is 1960. The summed E-state index contributed by atoms with van der Waals surface area (Å²) in [5.74, 6) is -0.357. The van der Waals surface area contributed by atoms with E-state index in [-0.39, 0.29) is 35.5 Å². The van der Waals surface area contributed by atoms with Crippen LogP contribution in [0.4, 0.5) is 10.3 Å². The number of carbonyl (C=O) groups excluding carboxylic acids is 1. The molecule has 3 aromatic carbocycles. The van der Waals surface area contributed by atoms with Gasteiger partial charge in [0.1, 0.15) is 17.1 Å². The van der Waals surface area contributed by atoms with Crippen molar-refractivity contribution in [1.82, 2.24) is 19.5 Å². The molecule has 4 atom stereocenters. The number of aliphatic hydroxyl groups excluding tert-OH is 1. The molecule has 1 fully saturated rings. The average Bonchev–Trinajstić information content (AvgIpc) is 3.62. The fourth-order valence-electron chi connectivity index (χ4n) is 6.33. The lowest BCUT2D eigenvalue weighted by Crippen LogP contribution is -2.36. The second-order valence-electron chi connectivity index (χ2n) is 12.3. The van der Waals surface area contributed by atoms with Crippen LogP contribution in [0.5, 0.6) is 11.5 Å². The minimum Gasteiger partial charge on any atom is -0.497 e. The van der Waals surface area contributed by atoms with Gasteiger partial charge in [-0.3, -0.25) is 19.9 Å². The van der Waals surface area contributed by atoms with Crippen molar-refractivity contribution >= 4 is 23.0 Å². The predicted octanol–water partition coefficient (Wildman–Crippen LogP) is 5.17. The van der Waals surface area contributed by atoms with Gasteiger partial charge < -0.3 is 23.9 Å². The fraction of sp³-hybridized carbons (Fsp3) is 0.297. The number of nitrogens with zero attached hydrogens (tertiary/aromatic N) is 3. The van der Waals surface area contributed by atoms with Crippen LogP contribution in [-0.4, -0.2) is 63.6 Å². The van der Waals surface area contributed by atoms with E-state index in [0.29, 0.717) is 17.1 Å². The monoisotopic (exact) mass is 667 g/mol. The topological polar surface area (TPSA) is 141 Å². The molecule has 1 aliphatic rings. The highest BCUT2D eigenvalue weighted by atomic mass is 19.1. The Labute approximate surface area is 282 Å². The Morgan fingerprint density at radius 1 is 1.00 bits per heavy atom. The van der Waals surface area contributed by atoms with Crippen molar-refractivity contribution in [3.05, 3.63) is 124 Å². The summed E-state index contributed by atoms with van der Waals surface area (Å²) in [6.07, 6.45) is -2.04. The molecule has 1 unspecified atom stereocenters. The zero-order valence-corrected chi connectivity index (χ0v) is 27.6. The van der Waals surface area contributed by atoms with Crippen LogP contribution in [0.25, 0.3) is 11.2 Å². The van der Waals surface area contributed by atoms with Gasteiger partial charge in [-0.15, -0.1) is 0 Å². The number of methoxy groups -OCH3 is 2. The second-order valence-corrected chi connectivity index (χ2v) is 12.3. The summed E-state index contributed by atoms with van der Waals surface area (Å²) in [5.41, 5.74) is 0.877. The summed E-state index contributed by atoms with van der Waals surface area (Å²) in [6.45, 7) is 7.49. The summed E-state index contributed by atoms with van der Waals surface area (Å²) >= 11 is 0. The number of amides is 1. The number of fused-ring (bicyclic) bond motifs is 1. The molecule has 49 heavy (non-hydrogen) atoms. The zero-order chi connectivity index (χ0) is 34.9. The first kappa shape index (κ1) is 33.6. The van der Waals surface area contributed by atoms with Crippen LogP contribution in [0, 0.1) is 11.8 Å². The van der Waals surface area contributed by atoms with E-state index in [0.717, 1.165) is 16.7 Å². The van der Waals surface area contributed by atoms with E-state index >= 15 is 4.39 Å². The van der Waals surface area contributed by atoms with Gasteiger partial charge >= 0.3 is 0 Å². The summed E-state index contributed by atoms with van der Waals surface area (Å²) in [5, 5.41) is 13.9. The lowest BCUT2D eigenvalue weighted by molar-refractivity contribution is -0.118. The number of benzene rings is 3. The first-order valence-electron chi connectivity index (χ1n) is 15.9. The molecular formula is C37H38FN5O6. The number of rotatable bonds is 11. The third-order valence-corrected chi connectivity index (χ3v) is 9.05. The SMILES string of the molecule is C=C1[C@@H](n2cnc3c(=O)[nH]c(NC(=O)C(C)C)nc32)C(F)[C@H](O)[C@H]1COC(c1ccccc1)(c1ccc(OC)cc1)c1ccc(OC)cc1. The number of H-pyrrole nitrogens is 1. The molecule has 1 amide bonds. The maximum absolute atomic E-state index is 16.2. The normalized spacial score (nSPS) is 19.4. The predicted molar refractivity (Wildman–Crippen MR) is 182 cm³/mol. The number of hydrogen-bond acceptors (Lipinski definition) is 8. The molecular weight excluding hydrogens is 629 g/mol. The molecule has 0 radical (unpaired) electrons. The van der Waals surface area contributed by atoms with Gasteiger partial charge in [0.15, 0.2) is 17.3 Å². The number of hydrogen-bond donors (Lipinski definition) is 3. The van der Waals surface area contributed by atoms with Gasteiger partial charge in [0.25, 0.3) is 5.56 Å². The molecule has 5 aromatic rings. The van der Waals surface area contributed by atoms with Crippen molar-refractivity contribution in [3.63, 3.8) is 0 Å². The van der Waals surface area contributed by atoms with Crippen LogP contribution >= 0.6 is 0 Å². The number of aromatic nitrogens is 4. The van der Waals surface area contributed by atoms with Crippen molar-refractivity contribution in [1.29, 1.82) is 0 Å². The van der Waals surface area contributed by atoms with Crippen molar-refractivity contribution in [2.75, 3.05) is 26.1 Å². The standard InChI is InChI=1S/C37H38FN5O6/c1-21(2)34(45)41-36-40-33-30(35(46)42-36)39-20-43(33)31-22(3)28(32(44)29(31)38)19-49-37(23-9-7-6-8-10-23,24-11-15-26(47-4)16-12-24)25-13-17-27(48-5)18-14-25/h6-18,20-21,28-29,31-32,44H,3,19H2,1-2,4-5H3,(H2,40,41,42,45,46)/t28-,29?,31+,32+/m0/s1. The number of alkyl halides is 1. The summed E-state index contributed by atoms with van der Waals surface area (Å²) in [6, 6.07) is 23.5. The summed E-state index contributed by atoms with van der Waals surface area (Å²) < 4.78 is 35.4. The van der Waals surface area contributed by atoms with Crippen molar-refractivity contribution < 1.29 is 28.5 Å². The fourth-order valence-corrected chi connectivity index (χ4v) is 6.33. The van der Waals surface area contributed by atoms with Crippen LogP contribution in [-0.2, 0) is 15.1 Å². The quantitative estimate of drug-likeness (QED) is 0.130. The van der Waals surface area contributed by atoms with Crippen LogP contribution in [0.15, 0.2) is 102 Å². The zero-order valence-electron chi connectivity index (χ0n) is 27.6. The maximum Gasteiger partial charge on any atom is 0.280 e. The highest BCUT2D eigenvalue weighted by molar-refractivity contribution is 5.91. The Hall–Kier alpha value is -5.33. The molecule has 3 N–H and O–H groups in total. The molecule has 2 heterocycles. The van der Waals surface area contributed by atoms with E-state index in [1.54, 1.807) is 28.1 Å². The first-order chi connectivity index (χ1) is 23.6. The van der Waals surface area contributed by atoms with Crippen molar-refractivity contribution in [2.24, 2.45) is 11.8 Å². The molecule has 1 saturated carbocycles. The van der Waals surface area contributed by atoms with Crippen LogP contribution in [0.1, 0.15) is 36.6 Å². The Morgan fingerprint density at radius 2 is 1.57 bits per heavy atom. The van der Waals surface area contributed by atoms with Crippen molar-refractivity contribution in [2.45, 2.75) is 37.8 Å². The average molecular weight is 668 g/mol. The van der Waals surface area contributed by atoms with E-state index < -0.39 is 35.4 Å². The van der Waals surface area contributed by atoms with E-state index in [4.69, 9.17) is 14.2 Å². The first-order valence-corrected chi connectivity index (χ1v) is 15.9. The van der Waals surface area contributed by atoms with E-state index in [2.05, 4.69) is 26.8 Å². The minimum absolute atomic E-state index is 0.0421. The van der Waals surface area contributed by atoms with E-state index in [1.807, 2.05) is 78.9 Å². The smallest absolute Gasteiger partial charge is 0.280 e. The molecule has 0 bridgehead atoms. The number of nitrogens with one attached hydrogen (secondary N) is 2. The molecule has 0 spiro atoms. The third-order valence-electron chi connectivity index (χ3n) is 9.05. The van der Waals surface area contributed by atoms with Crippen molar-refractivity contribution in [3.8, 4) is 11.5 Å².